The first-order valence-corrected chi connectivity index (χ1v) is 7.47. The minimum atomic E-state index is -0.361. The molecule has 7 heteroatoms. The number of rotatable bonds is 5. The van der Waals surface area contributed by atoms with Crippen molar-refractivity contribution in [3.05, 3.63) is 72.4 Å². The smallest absolute Gasteiger partial charge is 0.319 e. The second-order valence-corrected chi connectivity index (χ2v) is 5.08. The van der Waals surface area contributed by atoms with E-state index in [1.165, 1.54) is 6.07 Å². The van der Waals surface area contributed by atoms with Crippen LogP contribution in [0, 0.1) is 5.82 Å². The van der Waals surface area contributed by atoms with E-state index in [-0.39, 0.29) is 11.8 Å². The van der Waals surface area contributed by atoms with E-state index < -0.39 is 0 Å². The van der Waals surface area contributed by atoms with E-state index in [0.717, 1.165) is 0 Å². The van der Waals surface area contributed by atoms with Crippen molar-refractivity contribution in [1.29, 1.82) is 0 Å². The monoisotopic (exact) mass is 325 g/mol. The van der Waals surface area contributed by atoms with Gasteiger partial charge in [0.15, 0.2) is 5.82 Å². The Bertz CT molecular complexity index is 802. The van der Waals surface area contributed by atoms with Gasteiger partial charge in [-0.3, -0.25) is 0 Å². The Morgan fingerprint density at radius 3 is 2.75 bits per heavy atom. The standard InChI is InChI=1S/C17H16FN5O/c18-15-5-2-1-4-13(15)8-10-19-17(24)22-14-6-7-16(20-12-14)23-11-3-9-21-23/h1-7,9,11-12H,8,10H2,(H2,19,22,24). The van der Waals surface area contributed by atoms with Crippen molar-refractivity contribution in [2.75, 3.05) is 11.9 Å². The van der Waals surface area contributed by atoms with Gasteiger partial charge in [0.2, 0.25) is 0 Å². The number of carbonyl (C=O) groups is 1. The molecule has 2 amide bonds. The Hall–Kier alpha value is -3.22. The van der Waals surface area contributed by atoms with Crippen molar-refractivity contribution in [3.63, 3.8) is 0 Å². The highest BCUT2D eigenvalue weighted by molar-refractivity contribution is 5.89. The first-order chi connectivity index (χ1) is 11.7. The van der Waals surface area contributed by atoms with Crippen LogP contribution in [-0.2, 0) is 6.42 Å². The van der Waals surface area contributed by atoms with Crippen molar-refractivity contribution in [1.82, 2.24) is 20.1 Å². The van der Waals surface area contributed by atoms with Gasteiger partial charge in [0.05, 0.1) is 11.9 Å². The van der Waals surface area contributed by atoms with Gasteiger partial charge in [-0.2, -0.15) is 5.10 Å². The van der Waals surface area contributed by atoms with Crippen LogP contribution in [0.3, 0.4) is 0 Å². The fraction of sp³-hybridized carbons (Fsp3) is 0.118. The van der Waals surface area contributed by atoms with Gasteiger partial charge in [-0.1, -0.05) is 18.2 Å². The van der Waals surface area contributed by atoms with Crippen LogP contribution in [0.5, 0.6) is 0 Å². The van der Waals surface area contributed by atoms with E-state index in [9.17, 15) is 9.18 Å². The molecular formula is C17H16FN5O. The first-order valence-electron chi connectivity index (χ1n) is 7.47. The number of pyridine rings is 1. The highest BCUT2D eigenvalue weighted by Crippen LogP contribution is 2.09. The van der Waals surface area contributed by atoms with Crippen molar-refractivity contribution < 1.29 is 9.18 Å². The third-order valence-electron chi connectivity index (χ3n) is 3.38. The van der Waals surface area contributed by atoms with Crippen LogP contribution in [0.4, 0.5) is 14.9 Å². The van der Waals surface area contributed by atoms with Gasteiger partial charge in [0.25, 0.3) is 0 Å². The lowest BCUT2D eigenvalue weighted by Crippen LogP contribution is -2.30. The van der Waals surface area contributed by atoms with E-state index in [1.54, 1.807) is 59.7 Å². The average Bonchev–Trinajstić information content (AvgIpc) is 3.12. The quantitative estimate of drug-likeness (QED) is 0.758. The van der Waals surface area contributed by atoms with Gasteiger partial charge < -0.3 is 10.6 Å². The number of amides is 2. The molecule has 0 fully saturated rings. The summed E-state index contributed by atoms with van der Waals surface area (Å²) in [4.78, 5) is 16.1. The number of aromatic nitrogens is 3. The number of hydrogen-bond donors (Lipinski definition) is 2. The number of halogens is 1. The Labute approximate surface area is 138 Å². The number of benzene rings is 1. The largest absolute Gasteiger partial charge is 0.338 e. The molecule has 24 heavy (non-hydrogen) atoms. The molecule has 6 nitrogen and oxygen atoms in total. The van der Waals surface area contributed by atoms with E-state index in [1.807, 2.05) is 0 Å². The SMILES string of the molecule is O=C(NCCc1ccccc1F)Nc1ccc(-n2cccn2)nc1. The second-order valence-electron chi connectivity index (χ2n) is 5.08. The van der Waals surface area contributed by atoms with Crippen LogP contribution in [0.1, 0.15) is 5.56 Å². The predicted octanol–water partition coefficient (Wildman–Crippen LogP) is 2.77. The van der Waals surface area contributed by atoms with E-state index in [0.29, 0.717) is 30.0 Å². The molecule has 0 unspecified atom stereocenters. The maximum absolute atomic E-state index is 13.5. The van der Waals surface area contributed by atoms with Crippen LogP contribution in [0.25, 0.3) is 5.82 Å². The zero-order chi connectivity index (χ0) is 16.8. The molecule has 2 heterocycles. The van der Waals surface area contributed by atoms with E-state index in [4.69, 9.17) is 0 Å². The molecule has 122 valence electrons. The number of hydrogen-bond acceptors (Lipinski definition) is 3. The maximum atomic E-state index is 13.5. The predicted molar refractivity (Wildman–Crippen MR) is 88.5 cm³/mol. The summed E-state index contributed by atoms with van der Waals surface area (Å²) in [5.74, 6) is 0.392. The van der Waals surface area contributed by atoms with Crippen LogP contribution in [-0.4, -0.2) is 27.3 Å². The minimum absolute atomic E-state index is 0.266. The summed E-state index contributed by atoms with van der Waals surface area (Å²) >= 11 is 0. The summed E-state index contributed by atoms with van der Waals surface area (Å²) in [6, 6.07) is 11.4. The summed E-state index contributed by atoms with van der Waals surface area (Å²) in [5.41, 5.74) is 1.14. The number of carbonyl (C=O) groups excluding carboxylic acids is 1. The summed E-state index contributed by atoms with van der Waals surface area (Å²) < 4.78 is 15.1. The minimum Gasteiger partial charge on any atom is -0.338 e. The first kappa shape index (κ1) is 15.7. The topological polar surface area (TPSA) is 71.8 Å². The fourth-order valence-corrected chi connectivity index (χ4v) is 2.19. The highest BCUT2D eigenvalue weighted by Gasteiger charge is 2.05. The summed E-state index contributed by atoms with van der Waals surface area (Å²) in [6.07, 6.45) is 5.42. The molecule has 0 aliphatic heterocycles. The molecule has 2 N–H and O–H groups in total. The zero-order valence-electron chi connectivity index (χ0n) is 12.8. The fourth-order valence-electron chi connectivity index (χ4n) is 2.19. The van der Waals surface area contributed by atoms with Crippen LogP contribution >= 0.6 is 0 Å². The van der Waals surface area contributed by atoms with Gasteiger partial charge in [0.1, 0.15) is 5.82 Å². The Balaban J connectivity index is 1.49. The molecule has 0 spiro atoms. The molecule has 0 radical (unpaired) electrons. The van der Waals surface area contributed by atoms with Crippen molar-refractivity contribution in [2.24, 2.45) is 0 Å². The third kappa shape index (κ3) is 3.95. The summed E-state index contributed by atoms with van der Waals surface area (Å²) in [7, 11) is 0. The molecule has 0 aliphatic rings. The number of anilines is 1. The maximum Gasteiger partial charge on any atom is 0.319 e. The van der Waals surface area contributed by atoms with Crippen molar-refractivity contribution >= 4 is 11.7 Å². The number of urea groups is 1. The van der Waals surface area contributed by atoms with Gasteiger partial charge in [0, 0.05) is 18.9 Å². The Kier molecular flexibility index (Phi) is 4.81. The summed E-state index contributed by atoms with van der Waals surface area (Å²) in [6.45, 7) is 0.339. The second kappa shape index (κ2) is 7.36. The highest BCUT2D eigenvalue weighted by atomic mass is 19.1. The molecule has 0 aliphatic carbocycles. The normalized spacial score (nSPS) is 10.4. The molecule has 3 aromatic rings. The zero-order valence-corrected chi connectivity index (χ0v) is 12.8. The third-order valence-corrected chi connectivity index (χ3v) is 3.38. The molecule has 0 saturated heterocycles. The molecule has 3 rings (SSSR count). The van der Waals surface area contributed by atoms with Gasteiger partial charge in [-0.05, 0) is 36.2 Å². The number of nitrogens with one attached hydrogen (secondary N) is 2. The van der Waals surface area contributed by atoms with Crippen molar-refractivity contribution in [2.45, 2.75) is 6.42 Å². The lowest BCUT2D eigenvalue weighted by atomic mass is 10.1. The lowest BCUT2D eigenvalue weighted by Gasteiger charge is -2.08. The molecule has 2 aromatic heterocycles. The molecule has 1 aromatic carbocycles. The summed E-state index contributed by atoms with van der Waals surface area (Å²) in [5, 5.41) is 9.44. The Morgan fingerprint density at radius 2 is 2.04 bits per heavy atom. The lowest BCUT2D eigenvalue weighted by molar-refractivity contribution is 0.252. The van der Waals surface area contributed by atoms with Crippen LogP contribution in [0.2, 0.25) is 0 Å². The van der Waals surface area contributed by atoms with Gasteiger partial charge in [-0.15, -0.1) is 0 Å². The number of nitrogens with zero attached hydrogens (tertiary/aromatic N) is 3. The average molecular weight is 325 g/mol. The van der Waals surface area contributed by atoms with Crippen molar-refractivity contribution in [3.8, 4) is 5.82 Å². The molecular weight excluding hydrogens is 309 g/mol. The van der Waals surface area contributed by atoms with Crippen LogP contribution < -0.4 is 10.6 Å². The van der Waals surface area contributed by atoms with E-state index in [2.05, 4.69) is 20.7 Å². The van der Waals surface area contributed by atoms with Gasteiger partial charge in [-0.25, -0.2) is 18.9 Å². The van der Waals surface area contributed by atoms with Crippen LogP contribution in [0.15, 0.2) is 61.1 Å². The molecule has 0 atom stereocenters. The Morgan fingerprint density at radius 1 is 1.17 bits per heavy atom. The van der Waals surface area contributed by atoms with Gasteiger partial charge >= 0.3 is 6.03 Å². The molecule has 0 bridgehead atoms. The van der Waals surface area contributed by atoms with E-state index >= 15 is 0 Å². The molecule has 0 saturated carbocycles.